The molecule has 2 aromatic heterocycles. The molecule has 0 bridgehead atoms. The number of nitrogens with two attached hydrogens (primary N) is 1. The van der Waals surface area contributed by atoms with Gasteiger partial charge in [0.1, 0.15) is 5.82 Å². The average Bonchev–Trinajstić information content (AvgIpc) is 2.88. The summed E-state index contributed by atoms with van der Waals surface area (Å²) < 4.78 is 1.66. The Balaban J connectivity index is 2.10. The van der Waals surface area contributed by atoms with Gasteiger partial charge in [0.15, 0.2) is 5.65 Å². The summed E-state index contributed by atoms with van der Waals surface area (Å²) in [5.41, 5.74) is 10.2. The molecular weight excluding hydrogens is 236 g/mol. The van der Waals surface area contributed by atoms with Gasteiger partial charge in [-0.2, -0.15) is 9.61 Å². The Morgan fingerprint density at radius 3 is 2.53 bits per heavy atom. The maximum Gasteiger partial charge on any atom is 0.157 e. The summed E-state index contributed by atoms with van der Waals surface area (Å²) in [7, 11) is 0. The lowest BCUT2D eigenvalue weighted by Crippen LogP contribution is -2.02. The van der Waals surface area contributed by atoms with Crippen molar-refractivity contribution in [3.8, 4) is 11.1 Å². The van der Waals surface area contributed by atoms with E-state index in [0.717, 1.165) is 16.8 Å². The molecular formula is C15H16N4. The Hall–Kier alpha value is -2.36. The van der Waals surface area contributed by atoms with Gasteiger partial charge in [0.2, 0.25) is 0 Å². The van der Waals surface area contributed by atoms with E-state index in [1.807, 2.05) is 6.07 Å². The molecule has 0 aliphatic rings. The van der Waals surface area contributed by atoms with Gasteiger partial charge < -0.3 is 5.73 Å². The molecule has 4 heteroatoms. The van der Waals surface area contributed by atoms with Crippen LogP contribution < -0.4 is 5.73 Å². The molecule has 0 spiro atoms. The van der Waals surface area contributed by atoms with Crippen LogP contribution in [-0.4, -0.2) is 14.6 Å². The number of benzene rings is 1. The van der Waals surface area contributed by atoms with Crippen molar-refractivity contribution in [1.29, 1.82) is 0 Å². The lowest BCUT2D eigenvalue weighted by molar-refractivity contribution is 0.867. The molecule has 0 atom stereocenters. The number of anilines is 1. The van der Waals surface area contributed by atoms with E-state index in [1.165, 1.54) is 5.56 Å². The molecule has 0 radical (unpaired) electrons. The van der Waals surface area contributed by atoms with Gasteiger partial charge in [-0.3, -0.25) is 0 Å². The lowest BCUT2D eigenvalue weighted by atomic mass is 10.00. The quantitative estimate of drug-likeness (QED) is 0.762. The van der Waals surface area contributed by atoms with Crippen molar-refractivity contribution in [2.75, 3.05) is 5.73 Å². The topological polar surface area (TPSA) is 56.2 Å². The summed E-state index contributed by atoms with van der Waals surface area (Å²) in [6.45, 7) is 4.36. The smallest absolute Gasteiger partial charge is 0.157 e. The fourth-order valence-corrected chi connectivity index (χ4v) is 2.16. The van der Waals surface area contributed by atoms with Crippen LogP contribution in [0.4, 0.5) is 5.82 Å². The van der Waals surface area contributed by atoms with Gasteiger partial charge in [-0.25, -0.2) is 4.98 Å². The molecule has 19 heavy (non-hydrogen) atoms. The number of rotatable bonds is 2. The molecule has 4 nitrogen and oxygen atoms in total. The number of hydrogen-bond acceptors (Lipinski definition) is 3. The molecule has 3 aromatic rings. The second-order valence-corrected chi connectivity index (χ2v) is 4.94. The maximum atomic E-state index is 6.15. The van der Waals surface area contributed by atoms with Gasteiger partial charge in [-0.15, -0.1) is 0 Å². The second kappa shape index (κ2) is 4.39. The highest BCUT2D eigenvalue weighted by atomic mass is 15.3. The van der Waals surface area contributed by atoms with Gasteiger partial charge in [0, 0.05) is 17.8 Å². The van der Waals surface area contributed by atoms with Crippen LogP contribution >= 0.6 is 0 Å². The molecule has 0 fully saturated rings. The zero-order chi connectivity index (χ0) is 13.4. The van der Waals surface area contributed by atoms with Crippen LogP contribution in [0.1, 0.15) is 25.3 Å². The van der Waals surface area contributed by atoms with Crippen molar-refractivity contribution in [1.82, 2.24) is 14.6 Å². The fraction of sp³-hybridized carbons (Fsp3) is 0.200. The highest BCUT2D eigenvalue weighted by Crippen LogP contribution is 2.26. The Kier molecular flexibility index (Phi) is 2.71. The summed E-state index contributed by atoms with van der Waals surface area (Å²) in [6, 6.07) is 10.3. The maximum absolute atomic E-state index is 6.15. The second-order valence-electron chi connectivity index (χ2n) is 4.94. The first-order valence-corrected chi connectivity index (χ1v) is 6.35. The van der Waals surface area contributed by atoms with Crippen molar-refractivity contribution in [3.63, 3.8) is 0 Å². The number of aromatic nitrogens is 3. The van der Waals surface area contributed by atoms with Crippen molar-refractivity contribution >= 4 is 11.5 Å². The number of fused-ring (bicyclic) bond motifs is 1. The van der Waals surface area contributed by atoms with E-state index in [2.05, 4.69) is 48.2 Å². The number of nitrogen functional groups attached to an aromatic ring is 1. The summed E-state index contributed by atoms with van der Waals surface area (Å²) in [6.07, 6.45) is 3.50. The van der Waals surface area contributed by atoms with E-state index >= 15 is 0 Å². The molecule has 0 unspecified atom stereocenters. The molecule has 0 aliphatic carbocycles. The normalized spacial score (nSPS) is 11.3. The third-order valence-electron chi connectivity index (χ3n) is 3.34. The minimum atomic E-state index is 0.526. The molecule has 1 aromatic carbocycles. The number of nitrogens with zero attached hydrogens (tertiary/aromatic N) is 3. The van der Waals surface area contributed by atoms with Crippen molar-refractivity contribution < 1.29 is 0 Å². The zero-order valence-corrected chi connectivity index (χ0v) is 11.0. The van der Waals surface area contributed by atoms with Crippen LogP contribution in [0.5, 0.6) is 0 Å². The van der Waals surface area contributed by atoms with Gasteiger partial charge in [0.05, 0.1) is 6.20 Å². The van der Waals surface area contributed by atoms with Crippen molar-refractivity contribution in [2.45, 2.75) is 19.8 Å². The van der Waals surface area contributed by atoms with Crippen LogP contribution in [0.2, 0.25) is 0 Å². The summed E-state index contributed by atoms with van der Waals surface area (Å²) in [5.74, 6) is 1.14. The van der Waals surface area contributed by atoms with Crippen LogP contribution in [0.3, 0.4) is 0 Å². The summed E-state index contributed by atoms with van der Waals surface area (Å²) >= 11 is 0. The molecule has 3 rings (SSSR count). The van der Waals surface area contributed by atoms with E-state index < -0.39 is 0 Å². The van der Waals surface area contributed by atoms with Gasteiger partial charge >= 0.3 is 0 Å². The van der Waals surface area contributed by atoms with E-state index in [0.29, 0.717) is 11.7 Å². The first-order valence-electron chi connectivity index (χ1n) is 6.35. The summed E-state index contributed by atoms with van der Waals surface area (Å²) in [5, 5.41) is 4.18. The summed E-state index contributed by atoms with van der Waals surface area (Å²) in [4.78, 5) is 4.36. The van der Waals surface area contributed by atoms with Crippen LogP contribution in [0, 0.1) is 0 Å². The standard InChI is InChI=1S/C15H16N4/c1-10(2)11-3-5-12(6-4-11)13-9-17-14-7-8-18-19(14)15(13)16/h3-10H,16H2,1-2H3. The first kappa shape index (κ1) is 11.7. The van der Waals surface area contributed by atoms with Crippen molar-refractivity contribution in [3.05, 3.63) is 48.3 Å². The predicted molar refractivity (Wildman–Crippen MR) is 76.9 cm³/mol. The van der Waals surface area contributed by atoms with Gasteiger partial charge in [0.25, 0.3) is 0 Å². The van der Waals surface area contributed by atoms with Crippen LogP contribution in [0.25, 0.3) is 16.8 Å². The Bertz CT molecular complexity index is 711. The first-order chi connectivity index (χ1) is 9.16. The Morgan fingerprint density at radius 2 is 1.84 bits per heavy atom. The minimum Gasteiger partial charge on any atom is -0.383 e. The van der Waals surface area contributed by atoms with E-state index in [-0.39, 0.29) is 0 Å². The molecule has 0 saturated heterocycles. The average molecular weight is 252 g/mol. The molecule has 0 saturated carbocycles. The third-order valence-corrected chi connectivity index (χ3v) is 3.34. The molecule has 2 N–H and O–H groups in total. The predicted octanol–water partition coefficient (Wildman–Crippen LogP) is 3.10. The van der Waals surface area contributed by atoms with Gasteiger partial charge in [-0.05, 0) is 17.0 Å². The molecule has 96 valence electrons. The fourth-order valence-electron chi connectivity index (χ4n) is 2.16. The molecule has 0 amide bonds. The van der Waals surface area contributed by atoms with Crippen molar-refractivity contribution in [2.24, 2.45) is 0 Å². The highest BCUT2D eigenvalue weighted by molar-refractivity contribution is 5.74. The van der Waals surface area contributed by atoms with E-state index in [1.54, 1.807) is 16.9 Å². The monoisotopic (exact) mass is 252 g/mol. The largest absolute Gasteiger partial charge is 0.383 e. The third kappa shape index (κ3) is 1.95. The lowest BCUT2D eigenvalue weighted by Gasteiger charge is -2.09. The Morgan fingerprint density at radius 1 is 1.11 bits per heavy atom. The molecule has 2 heterocycles. The van der Waals surface area contributed by atoms with Crippen LogP contribution in [0.15, 0.2) is 42.7 Å². The van der Waals surface area contributed by atoms with E-state index in [9.17, 15) is 0 Å². The van der Waals surface area contributed by atoms with Crippen LogP contribution in [-0.2, 0) is 0 Å². The Labute approximate surface area is 111 Å². The van der Waals surface area contributed by atoms with Gasteiger partial charge in [-0.1, -0.05) is 38.1 Å². The zero-order valence-electron chi connectivity index (χ0n) is 11.0. The molecule has 0 aliphatic heterocycles. The number of hydrogen-bond donors (Lipinski definition) is 1. The minimum absolute atomic E-state index is 0.526. The highest BCUT2D eigenvalue weighted by Gasteiger charge is 2.08. The SMILES string of the molecule is CC(C)c1ccc(-c2cnc3ccnn3c2N)cc1. The van der Waals surface area contributed by atoms with E-state index in [4.69, 9.17) is 5.73 Å².